The Bertz CT molecular complexity index is 1170. The zero-order chi connectivity index (χ0) is 21.8. The molecular weight excluding hydrogens is 453 g/mol. The molecule has 0 amide bonds. The third-order valence-electron chi connectivity index (χ3n) is 5.05. The first kappa shape index (κ1) is 22.0. The number of ether oxygens (including phenoxy) is 1. The van der Waals surface area contributed by atoms with E-state index in [-0.39, 0.29) is 0 Å². The number of fused-ring (bicyclic) bond motifs is 1. The summed E-state index contributed by atoms with van der Waals surface area (Å²) in [6, 6.07) is 11.5. The SMILES string of the molecule is CCC(CC)n1c(COc2ccccc2Cl)nnc1SCc1cn2cc(Cl)ccc2n1. The Morgan fingerprint density at radius 2 is 1.84 bits per heavy atom. The number of thioether (sulfide) groups is 1. The van der Waals surface area contributed by atoms with Crippen LogP contribution in [0.3, 0.4) is 0 Å². The molecule has 0 aliphatic rings. The minimum Gasteiger partial charge on any atom is -0.484 e. The Hall–Kier alpha value is -2.22. The van der Waals surface area contributed by atoms with Gasteiger partial charge < -0.3 is 13.7 Å². The van der Waals surface area contributed by atoms with Gasteiger partial charge in [-0.15, -0.1) is 10.2 Å². The minimum atomic E-state index is 0.294. The number of aromatic nitrogens is 5. The van der Waals surface area contributed by atoms with Gasteiger partial charge >= 0.3 is 0 Å². The average Bonchev–Trinajstić information content (AvgIpc) is 3.36. The summed E-state index contributed by atoms with van der Waals surface area (Å²) in [5.41, 5.74) is 1.83. The van der Waals surface area contributed by atoms with Crippen LogP contribution in [0.1, 0.15) is 44.2 Å². The number of benzene rings is 1. The van der Waals surface area contributed by atoms with Gasteiger partial charge in [0.2, 0.25) is 0 Å². The molecule has 0 atom stereocenters. The van der Waals surface area contributed by atoms with E-state index in [2.05, 4.69) is 33.6 Å². The quantitative estimate of drug-likeness (QED) is 0.259. The summed E-state index contributed by atoms with van der Waals surface area (Å²) in [4.78, 5) is 4.66. The van der Waals surface area contributed by atoms with Crippen molar-refractivity contribution in [2.75, 3.05) is 0 Å². The van der Waals surface area contributed by atoms with Crippen LogP contribution in [-0.2, 0) is 12.4 Å². The molecule has 0 fully saturated rings. The molecule has 0 radical (unpaired) electrons. The lowest BCUT2D eigenvalue weighted by molar-refractivity contribution is 0.278. The van der Waals surface area contributed by atoms with Crippen LogP contribution in [-0.4, -0.2) is 24.1 Å². The van der Waals surface area contributed by atoms with Crippen LogP contribution in [0.5, 0.6) is 5.75 Å². The molecule has 162 valence electrons. The van der Waals surface area contributed by atoms with Crippen molar-refractivity contribution in [2.24, 2.45) is 0 Å². The largest absolute Gasteiger partial charge is 0.484 e. The first-order valence-electron chi connectivity index (χ1n) is 10.2. The number of rotatable bonds is 9. The summed E-state index contributed by atoms with van der Waals surface area (Å²) in [5.74, 6) is 2.11. The van der Waals surface area contributed by atoms with E-state index in [1.165, 1.54) is 0 Å². The van der Waals surface area contributed by atoms with Crippen LogP contribution in [0, 0.1) is 0 Å². The fourth-order valence-electron chi connectivity index (χ4n) is 3.45. The van der Waals surface area contributed by atoms with Gasteiger partial charge in [-0.25, -0.2) is 4.98 Å². The smallest absolute Gasteiger partial charge is 0.191 e. The van der Waals surface area contributed by atoms with Crippen LogP contribution in [0.4, 0.5) is 0 Å². The van der Waals surface area contributed by atoms with Crippen LogP contribution >= 0.6 is 35.0 Å². The summed E-state index contributed by atoms with van der Waals surface area (Å²) < 4.78 is 10.1. The van der Waals surface area contributed by atoms with Gasteiger partial charge in [0.25, 0.3) is 0 Å². The highest BCUT2D eigenvalue weighted by atomic mass is 35.5. The summed E-state index contributed by atoms with van der Waals surface area (Å²) in [6.07, 6.45) is 5.81. The first-order chi connectivity index (χ1) is 15.1. The van der Waals surface area contributed by atoms with Gasteiger partial charge in [0.05, 0.1) is 15.7 Å². The molecule has 4 aromatic rings. The van der Waals surface area contributed by atoms with Crippen molar-refractivity contribution in [2.45, 2.75) is 50.2 Å². The predicted molar refractivity (Wildman–Crippen MR) is 125 cm³/mol. The fourth-order valence-corrected chi connectivity index (χ4v) is 4.72. The van der Waals surface area contributed by atoms with Gasteiger partial charge in [-0.3, -0.25) is 0 Å². The summed E-state index contributed by atoms with van der Waals surface area (Å²) in [6.45, 7) is 4.65. The second-order valence-corrected chi connectivity index (χ2v) is 8.88. The predicted octanol–water partition coefficient (Wildman–Crippen LogP) is 6.47. The van der Waals surface area contributed by atoms with E-state index in [4.69, 9.17) is 27.9 Å². The fraction of sp³-hybridized carbons (Fsp3) is 0.318. The summed E-state index contributed by atoms with van der Waals surface area (Å²) >= 11 is 13.9. The second kappa shape index (κ2) is 9.94. The molecule has 1 aromatic carbocycles. The van der Waals surface area contributed by atoms with Crippen LogP contribution < -0.4 is 4.74 Å². The van der Waals surface area contributed by atoms with Crippen molar-refractivity contribution >= 4 is 40.6 Å². The molecular formula is C22H23Cl2N5OS. The highest BCUT2D eigenvalue weighted by Gasteiger charge is 2.20. The Balaban J connectivity index is 1.54. The van der Waals surface area contributed by atoms with Gasteiger partial charge in [-0.05, 0) is 37.1 Å². The molecule has 3 heterocycles. The number of halogens is 2. The normalized spacial score (nSPS) is 11.5. The lowest BCUT2D eigenvalue weighted by Gasteiger charge is -2.19. The van der Waals surface area contributed by atoms with E-state index in [1.54, 1.807) is 11.8 Å². The van der Waals surface area contributed by atoms with E-state index < -0.39 is 0 Å². The van der Waals surface area contributed by atoms with Gasteiger partial charge in [-0.1, -0.05) is 60.9 Å². The summed E-state index contributed by atoms with van der Waals surface area (Å²) in [5, 5.41) is 11.0. The third kappa shape index (κ3) is 5.00. The molecule has 0 unspecified atom stereocenters. The Morgan fingerprint density at radius 1 is 1.03 bits per heavy atom. The molecule has 0 spiro atoms. The van der Waals surface area contributed by atoms with Crippen LogP contribution in [0.25, 0.3) is 5.65 Å². The lowest BCUT2D eigenvalue weighted by atomic mass is 10.2. The number of imidazole rings is 1. The molecule has 0 aliphatic carbocycles. The van der Waals surface area contributed by atoms with Gasteiger partial charge in [0.1, 0.15) is 18.0 Å². The number of para-hydroxylation sites is 1. The topological polar surface area (TPSA) is 57.2 Å². The van der Waals surface area contributed by atoms with Crippen molar-refractivity contribution in [3.05, 3.63) is 70.4 Å². The zero-order valence-corrected chi connectivity index (χ0v) is 19.7. The van der Waals surface area contributed by atoms with Crippen molar-refractivity contribution in [1.82, 2.24) is 24.1 Å². The highest BCUT2D eigenvalue weighted by Crippen LogP contribution is 2.30. The van der Waals surface area contributed by atoms with E-state index in [9.17, 15) is 0 Å². The van der Waals surface area contributed by atoms with Crippen molar-refractivity contribution in [1.29, 1.82) is 0 Å². The molecule has 6 nitrogen and oxygen atoms in total. The van der Waals surface area contributed by atoms with Crippen LogP contribution in [0.2, 0.25) is 10.0 Å². The molecule has 4 rings (SSSR count). The van der Waals surface area contributed by atoms with Gasteiger partial charge in [0.15, 0.2) is 11.0 Å². The third-order valence-corrected chi connectivity index (χ3v) is 6.56. The van der Waals surface area contributed by atoms with E-state index >= 15 is 0 Å². The van der Waals surface area contributed by atoms with Gasteiger partial charge in [-0.2, -0.15) is 0 Å². The first-order valence-corrected chi connectivity index (χ1v) is 11.9. The summed E-state index contributed by atoms with van der Waals surface area (Å²) in [7, 11) is 0. The van der Waals surface area contributed by atoms with E-state index in [1.807, 2.05) is 53.2 Å². The van der Waals surface area contributed by atoms with Crippen LogP contribution in [0.15, 0.2) is 53.9 Å². The number of pyridine rings is 1. The van der Waals surface area contributed by atoms with E-state index in [0.717, 1.165) is 35.2 Å². The molecule has 3 aromatic heterocycles. The van der Waals surface area contributed by atoms with Crippen molar-refractivity contribution in [3.63, 3.8) is 0 Å². The number of nitrogens with zero attached hydrogens (tertiary/aromatic N) is 5. The second-order valence-electron chi connectivity index (χ2n) is 7.09. The lowest BCUT2D eigenvalue weighted by Crippen LogP contribution is -2.14. The van der Waals surface area contributed by atoms with E-state index in [0.29, 0.717) is 34.2 Å². The minimum absolute atomic E-state index is 0.294. The average molecular weight is 476 g/mol. The van der Waals surface area contributed by atoms with Crippen molar-refractivity contribution < 1.29 is 4.74 Å². The van der Waals surface area contributed by atoms with Crippen molar-refractivity contribution in [3.8, 4) is 5.75 Å². The molecule has 0 aliphatic heterocycles. The standard InChI is InChI=1S/C22H23Cl2N5OS/c1-3-17(4-2)29-21(13-30-19-8-6-5-7-18(19)24)26-27-22(29)31-14-16-12-28-11-15(23)9-10-20(28)25-16/h5-12,17H,3-4,13-14H2,1-2H3. The molecule has 0 saturated heterocycles. The monoisotopic (exact) mass is 475 g/mol. The molecule has 9 heteroatoms. The Labute approximate surface area is 195 Å². The maximum Gasteiger partial charge on any atom is 0.191 e. The molecule has 31 heavy (non-hydrogen) atoms. The number of hydrogen-bond acceptors (Lipinski definition) is 5. The van der Waals surface area contributed by atoms with Gasteiger partial charge in [0, 0.05) is 24.2 Å². The number of hydrogen-bond donors (Lipinski definition) is 0. The highest BCUT2D eigenvalue weighted by molar-refractivity contribution is 7.98. The molecule has 0 N–H and O–H groups in total. The maximum absolute atomic E-state index is 6.22. The molecule has 0 saturated carbocycles. The Kier molecular flexibility index (Phi) is 7.05. The molecule has 0 bridgehead atoms. The zero-order valence-electron chi connectivity index (χ0n) is 17.3. The Morgan fingerprint density at radius 3 is 2.61 bits per heavy atom. The maximum atomic E-state index is 6.22.